The third-order valence-electron chi connectivity index (χ3n) is 6.12. The Hall–Kier alpha value is -1.78. The summed E-state index contributed by atoms with van der Waals surface area (Å²) in [4.78, 5) is 12.7. The molecule has 0 aromatic heterocycles. The van der Waals surface area contributed by atoms with Gasteiger partial charge >= 0.3 is 6.03 Å². The highest BCUT2D eigenvalue weighted by molar-refractivity contribution is 5.89. The molecule has 1 aliphatic carbocycles. The van der Waals surface area contributed by atoms with E-state index in [0.717, 1.165) is 25.7 Å². The normalized spacial score (nSPS) is 36.2. The molecule has 0 radical (unpaired) electrons. The highest BCUT2D eigenvalue weighted by Crippen LogP contribution is 2.44. The van der Waals surface area contributed by atoms with Gasteiger partial charge in [-0.15, -0.1) is 0 Å². The molecule has 4 fully saturated rings. The maximum Gasteiger partial charge on any atom is 0.319 e. The molecule has 3 saturated heterocycles. The molecule has 2 N–H and O–H groups in total. The second-order valence-corrected chi connectivity index (χ2v) is 8.76. The molecule has 1 spiro atoms. The van der Waals surface area contributed by atoms with Gasteiger partial charge in [0, 0.05) is 12.8 Å². The predicted octanol–water partition coefficient (Wildman–Crippen LogP) is 2.88. The Morgan fingerprint density at radius 2 is 1.87 bits per heavy atom. The minimum atomic E-state index is -0.831. The number of carbonyl (C=O) groups is 1. The number of carbonyl (C=O) groups excluding carboxylic acids is 1. The lowest BCUT2D eigenvalue weighted by atomic mass is 10.0. The average molecular weight is 422 g/mol. The molecule has 5 rings (SSSR count). The van der Waals surface area contributed by atoms with Crippen molar-refractivity contribution in [2.75, 3.05) is 11.9 Å². The quantitative estimate of drug-likeness (QED) is 0.779. The fourth-order valence-electron chi connectivity index (χ4n) is 4.80. The summed E-state index contributed by atoms with van der Waals surface area (Å²) in [6, 6.07) is 4.89. The third kappa shape index (κ3) is 3.69. The zero-order valence-corrected chi connectivity index (χ0v) is 17.1. The van der Waals surface area contributed by atoms with Crippen LogP contribution in [0.5, 0.6) is 0 Å². The van der Waals surface area contributed by atoms with Gasteiger partial charge in [0.15, 0.2) is 17.9 Å². The van der Waals surface area contributed by atoms with Crippen molar-refractivity contribution in [2.45, 2.75) is 81.7 Å². The molecule has 2 amide bonds. The van der Waals surface area contributed by atoms with Gasteiger partial charge in [0.2, 0.25) is 0 Å². The second-order valence-electron chi connectivity index (χ2n) is 8.76. The lowest BCUT2D eigenvalue weighted by Gasteiger charge is -2.30. The zero-order valence-electron chi connectivity index (χ0n) is 17.1. The summed E-state index contributed by atoms with van der Waals surface area (Å²) in [6.07, 6.45) is 1.83. The number of amides is 2. The van der Waals surface area contributed by atoms with Crippen LogP contribution in [-0.2, 0) is 23.7 Å². The summed E-state index contributed by atoms with van der Waals surface area (Å²) < 4.78 is 44.2. The first kappa shape index (κ1) is 20.1. The topological polar surface area (TPSA) is 87.3 Å². The van der Waals surface area contributed by atoms with Crippen LogP contribution in [0.1, 0.15) is 39.5 Å². The molecule has 30 heavy (non-hydrogen) atoms. The molecule has 5 atom stereocenters. The van der Waals surface area contributed by atoms with Crippen LogP contribution in [0, 0.1) is 5.82 Å². The minimum absolute atomic E-state index is 0.0938. The van der Waals surface area contributed by atoms with E-state index in [1.165, 1.54) is 12.1 Å². The molecule has 1 aromatic carbocycles. The smallest absolute Gasteiger partial charge is 0.319 e. The number of anilines is 1. The third-order valence-corrected chi connectivity index (χ3v) is 6.12. The van der Waals surface area contributed by atoms with E-state index in [4.69, 9.17) is 23.7 Å². The summed E-state index contributed by atoms with van der Waals surface area (Å²) in [6.45, 7) is 3.96. The summed E-state index contributed by atoms with van der Waals surface area (Å²) in [7, 11) is 0. The Morgan fingerprint density at radius 1 is 1.10 bits per heavy atom. The van der Waals surface area contributed by atoms with Gasteiger partial charge in [-0.2, -0.15) is 0 Å². The van der Waals surface area contributed by atoms with Crippen molar-refractivity contribution < 1.29 is 32.9 Å². The van der Waals surface area contributed by atoms with E-state index in [1.54, 1.807) is 26.0 Å². The Bertz CT molecular complexity index is 814. The van der Waals surface area contributed by atoms with Crippen LogP contribution in [-0.4, -0.2) is 54.9 Å². The molecule has 3 aliphatic heterocycles. The van der Waals surface area contributed by atoms with Crippen LogP contribution in [0.15, 0.2) is 24.3 Å². The van der Waals surface area contributed by atoms with Gasteiger partial charge in [-0.1, -0.05) is 12.1 Å². The van der Waals surface area contributed by atoms with E-state index in [2.05, 4.69) is 10.6 Å². The van der Waals surface area contributed by atoms with Crippen LogP contribution < -0.4 is 10.6 Å². The van der Waals surface area contributed by atoms with Gasteiger partial charge in [0.1, 0.15) is 24.1 Å². The highest BCUT2D eigenvalue weighted by atomic mass is 19.1. The first-order valence-electron chi connectivity index (χ1n) is 10.5. The molecule has 0 unspecified atom stereocenters. The molecule has 1 aromatic rings. The Morgan fingerprint density at radius 3 is 2.63 bits per heavy atom. The second kappa shape index (κ2) is 7.42. The Kier molecular flexibility index (Phi) is 4.98. The average Bonchev–Trinajstić information content (AvgIpc) is 3.44. The number of halogens is 1. The molecular formula is C21H27FN2O6. The van der Waals surface area contributed by atoms with E-state index < -0.39 is 48.0 Å². The fraction of sp³-hybridized carbons (Fsp3) is 0.667. The predicted molar refractivity (Wildman–Crippen MR) is 103 cm³/mol. The lowest BCUT2D eigenvalue weighted by molar-refractivity contribution is -0.226. The van der Waals surface area contributed by atoms with Crippen molar-refractivity contribution in [3.63, 3.8) is 0 Å². The van der Waals surface area contributed by atoms with E-state index in [0.29, 0.717) is 6.61 Å². The minimum Gasteiger partial charge on any atom is -0.347 e. The maximum atomic E-state index is 13.9. The number of urea groups is 1. The van der Waals surface area contributed by atoms with Gasteiger partial charge < -0.3 is 34.3 Å². The van der Waals surface area contributed by atoms with Crippen molar-refractivity contribution in [2.24, 2.45) is 0 Å². The standard InChI is InChI=1S/C21H27FN2O6/c1-20(2)29-17-15(24-19(25)23-13-8-4-3-7-12(13)22)16(27-18(17)30-20)14-11-26-21(28-14)9-5-6-10-21/h3-4,7-8,14-18H,5-6,9-11H2,1-2H3,(H2,23,24,25)/t14-,15+,16-,17-,18-/m1/s1. The Labute approximate surface area is 174 Å². The van der Waals surface area contributed by atoms with E-state index in [9.17, 15) is 9.18 Å². The van der Waals surface area contributed by atoms with E-state index >= 15 is 0 Å². The van der Waals surface area contributed by atoms with Gasteiger partial charge in [0.25, 0.3) is 0 Å². The van der Waals surface area contributed by atoms with E-state index in [-0.39, 0.29) is 11.8 Å². The highest BCUT2D eigenvalue weighted by Gasteiger charge is 2.59. The lowest BCUT2D eigenvalue weighted by Crippen LogP contribution is -2.53. The summed E-state index contributed by atoms with van der Waals surface area (Å²) in [5.74, 6) is -1.89. The first-order chi connectivity index (χ1) is 14.3. The fourth-order valence-corrected chi connectivity index (χ4v) is 4.80. The molecule has 0 bridgehead atoms. The Balaban J connectivity index is 1.32. The number of para-hydroxylation sites is 1. The van der Waals surface area contributed by atoms with Crippen LogP contribution in [0.25, 0.3) is 0 Å². The van der Waals surface area contributed by atoms with Crippen molar-refractivity contribution in [1.29, 1.82) is 0 Å². The molecule has 3 heterocycles. The van der Waals surface area contributed by atoms with Gasteiger partial charge in [-0.25, -0.2) is 9.18 Å². The van der Waals surface area contributed by atoms with Crippen LogP contribution in [0.2, 0.25) is 0 Å². The maximum absolute atomic E-state index is 13.9. The summed E-state index contributed by atoms with van der Waals surface area (Å²) in [5.41, 5.74) is 0.0938. The number of hydrogen-bond donors (Lipinski definition) is 2. The number of fused-ring (bicyclic) bond motifs is 1. The number of nitrogens with one attached hydrogen (secondary N) is 2. The monoisotopic (exact) mass is 422 g/mol. The SMILES string of the molecule is CC1(C)O[C@H]2O[C@H]([C@H]3COC4(CCCC4)O3)[C@H](NC(=O)Nc3ccccc3F)[C@H]2O1. The van der Waals surface area contributed by atoms with Crippen LogP contribution >= 0.6 is 0 Å². The molecule has 9 heteroatoms. The largest absolute Gasteiger partial charge is 0.347 e. The summed E-state index contributed by atoms with van der Waals surface area (Å²) in [5, 5.41) is 5.44. The van der Waals surface area contributed by atoms with Crippen molar-refractivity contribution in [3.05, 3.63) is 30.1 Å². The molecular weight excluding hydrogens is 395 g/mol. The van der Waals surface area contributed by atoms with Gasteiger partial charge in [-0.3, -0.25) is 0 Å². The molecule has 1 saturated carbocycles. The number of hydrogen-bond acceptors (Lipinski definition) is 6. The van der Waals surface area contributed by atoms with Crippen molar-refractivity contribution in [1.82, 2.24) is 5.32 Å². The van der Waals surface area contributed by atoms with Crippen LogP contribution in [0.3, 0.4) is 0 Å². The van der Waals surface area contributed by atoms with Crippen LogP contribution in [0.4, 0.5) is 14.9 Å². The molecule has 4 aliphatic rings. The van der Waals surface area contributed by atoms with Crippen molar-refractivity contribution >= 4 is 11.7 Å². The first-order valence-corrected chi connectivity index (χ1v) is 10.5. The van der Waals surface area contributed by atoms with Gasteiger partial charge in [0.05, 0.1) is 18.3 Å². The molecule has 164 valence electrons. The molecule has 8 nitrogen and oxygen atoms in total. The van der Waals surface area contributed by atoms with Crippen molar-refractivity contribution in [3.8, 4) is 0 Å². The van der Waals surface area contributed by atoms with Gasteiger partial charge in [-0.05, 0) is 38.8 Å². The number of rotatable bonds is 3. The number of benzene rings is 1. The zero-order chi connectivity index (χ0) is 20.9. The number of ether oxygens (including phenoxy) is 5. The van der Waals surface area contributed by atoms with E-state index in [1.807, 2.05) is 0 Å². The summed E-state index contributed by atoms with van der Waals surface area (Å²) >= 11 is 0.